The fourth-order valence-electron chi connectivity index (χ4n) is 2.44. The summed E-state index contributed by atoms with van der Waals surface area (Å²) in [5, 5.41) is 3.28. The molecule has 0 unspecified atom stereocenters. The number of nitrogens with one attached hydrogen (secondary N) is 2. The van der Waals surface area contributed by atoms with Crippen molar-refractivity contribution < 1.29 is 8.42 Å². The second-order valence-corrected chi connectivity index (χ2v) is 7.62. The van der Waals surface area contributed by atoms with Crippen LogP contribution in [0.2, 0.25) is 0 Å². The van der Waals surface area contributed by atoms with E-state index in [1.165, 1.54) is 17.5 Å². The monoisotopic (exact) mass is 356 g/mol. The molecule has 0 amide bonds. The number of thiazole rings is 1. The summed E-state index contributed by atoms with van der Waals surface area (Å²) >= 11 is 1.50. The van der Waals surface area contributed by atoms with Crippen LogP contribution in [-0.2, 0) is 10.0 Å². The van der Waals surface area contributed by atoms with Crippen LogP contribution in [0.3, 0.4) is 0 Å². The maximum atomic E-state index is 12.7. The Kier molecular flexibility index (Phi) is 3.55. The third-order valence-electron chi connectivity index (χ3n) is 3.50. The quantitative estimate of drug-likeness (QED) is 0.586. The number of anilines is 1. The first-order chi connectivity index (χ1) is 11.6. The topological polar surface area (TPSA) is 87.7 Å². The average Bonchev–Trinajstić information content (AvgIpc) is 3.25. The van der Waals surface area contributed by atoms with Crippen molar-refractivity contribution in [2.45, 2.75) is 4.90 Å². The van der Waals surface area contributed by atoms with Crippen LogP contribution in [0.15, 0.2) is 65.3 Å². The van der Waals surface area contributed by atoms with Gasteiger partial charge in [0.15, 0.2) is 0 Å². The molecule has 0 spiro atoms. The fourth-order valence-corrected chi connectivity index (χ4v) is 4.30. The van der Waals surface area contributed by atoms with Gasteiger partial charge < -0.3 is 4.98 Å². The SMILES string of the molecule is O=S(=O)(Nc1cccc(-c2nccs2)c1)c1c[nH]c2ncccc12. The zero-order valence-electron chi connectivity index (χ0n) is 12.3. The van der Waals surface area contributed by atoms with E-state index >= 15 is 0 Å². The van der Waals surface area contributed by atoms with Gasteiger partial charge in [-0.1, -0.05) is 12.1 Å². The van der Waals surface area contributed by atoms with Crippen LogP contribution in [0.5, 0.6) is 0 Å². The van der Waals surface area contributed by atoms with E-state index in [1.807, 2.05) is 11.4 Å². The van der Waals surface area contributed by atoms with E-state index in [0.29, 0.717) is 16.7 Å². The number of pyridine rings is 1. The van der Waals surface area contributed by atoms with Gasteiger partial charge in [-0.05, 0) is 24.3 Å². The molecule has 0 saturated carbocycles. The molecule has 6 nitrogen and oxygen atoms in total. The van der Waals surface area contributed by atoms with Gasteiger partial charge >= 0.3 is 0 Å². The molecule has 3 heterocycles. The smallest absolute Gasteiger partial charge is 0.264 e. The van der Waals surface area contributed by atoms with Crippen LogP contribution in [-0.4, -0.2) is 23.4 Å². The molecule has 24 heavy (non-hydrogen) atoms. The molecule has 0 aliphatic heterocycles. The van der Waals surface area contributed by atoms with Crippen molar-refractivity contribution in [3.63, 3.8) is 0 Å². The highest BCUT2D eigenvalue weighted by Crippen LogP contribution is 2.27. The van der Waals surface area contributed by atoms with E-state index in [9.17, 15) is 8.42 Å². The molecule has 3 aromatic heterocycles. The number of aromatic nitrogens is 3. The molecule has 0 fully saturated rings. The van der Waals surface area contributed by atoms with Gasteiger partial charge in [-0.25, -0.2) is 18.4 Å². The van der Waals surface area contributed by atoms with E-state index in [2.05, 4.69) is 19.7 Å². The van der Waals surface area contributed by atoms with Gasteiger partial charge in [0.2, 0.25) is 0 Å². The van der Waals surface area contributed by atoms with Crippen molar-refractivity contribution in [2.75, 3.05) is 4.72 Å². The summed E-state index contributed by atoms with van der Waals surface area (Å²) in [5.74, 6) is 0. The fraction of sp³-hybridized carbons (Fsp3) is 0. The number of rotatable bonds is 4. The first-order valence-corrected chi connectivity index (χ1v) is 9.45. The van der Waals surface area contributed by atoms with Crippen molar-refractivity contribution >= 4 is 38.1 Å². The summed E-state index contributed by atoms with van der Waals surface area (Å²) in [6.45, 7) is 0. The number of sulfonamides is 1. The molecule has 4 aromatic rings. The van der Waals surface area contributed by atoms with Crippen LogP contribution in [0.25, 0.3) is 21.6 Å². The van der Waals surface area contributed by atoms with Gasteiger partial charge in [0.25, 0.3) is 10.0 Å². The maximum absolute atomic E-state index is 12.7. The zero-order chi connectivity index (χ0) is 16.6. The third-order valence-corrected chi connectivity index (χ3v) is 5.74. The second kappa shape index (κ2) is 5.73. The molecule has 0 radical (unpaired) electrons. The molecule has 8 heteroatoms. The maximum Gasteiger partial charge on any atom is 0.264 e. The third kappa shape index (κ3) is 2.66. The molecule has 0 aliphatic rings. The molecule has 0 saturated heterocycles. The lowest BCUT2D eigenvalue weighted by Crippen LogP contribution is -2.12. The number of aromatic amines is 1. The lowest BCUT2D eigenvalue weighted by Gasteiger charge is -2.08. The Morgan fingerprint density at radius 2 is 2.00 bits per heavy atom. The summed E-state index contributed by atoms with van der Waals surface area (Å²) in [6.07, 6.45) is 4.78. The van der Waals surface area contributed by atoms with Crippen LogP contribution < -0.4 is 4.72 Å². The Balaban J connectivity index is 1.71. The minimum Gasteiger partial charge on any atom is -0.345 e. The number of fused-ring (bicyclic) bond motifs is 1. The van der Waals surface area contributed by atoms with Crippen LogP contribution >= 0.6 is 11.3 Å². The highest BCUT2D eigenvalue weighted by Gasteiger charge is 2.19. The van der Waals surface area contributed by atoms with Crippen LogP contribution in [0, 0.1) is 0 Å². The van der Waals surface area contributed by atoms with Gasteiger partial charge in [-0.2, -0.15) is 0 Å². The standard InChI is InChI=1S/C16H12N4O2S2/c21-24(22,14-10-19-15-13(14)5-2-6-17-15)20-12-4-1-3-11(9-12)16-18-7-8-23-16/h1-10,20H,(H,17,19). The van der Waals surface area contributed by atoms with Crippen LogP contribution in [0.4, 0.5) is 5.69 Å². The van der Waals surface area contributed by atoms with E-state index in [0.717, 1.165) is 10.6 Å². The second-order valence-electron chi connectivity index (χ2n) is 5.08. The van der Waals surface area contributed by atoms with Crippen molar-refractivity contribution in [3.05, 3.63) is 60.4 Å². The minimum atomic E-state index is -3.72. The molecular weight excluding hydrogens is 344 g/mol. The minimum absolute atomic E-state index is 0.172. The number of benzene rings is 1. The van der Waals surface area contributed by atoms with Crippen molar-refractivity contribution in [3.8, 4) is 10.6 Å². The molecule has 2 N–H and O–H groups in total. The van der Waals surface area contributed by atoms with E-state index < -0.39 is 10.0 Å². The predicted octanol–water partition coefficient (Wildman–Crippen LogP) is 3.49. The Bertz CT molecular complexity index is 1100. The Hall–Kier alpha value is -2.71. The van der Waals surface area contributed by atoms with E-state index in [1.54, 1.807) is 42.7 Å². The summed E-state index contributed by atoms with van der Waals surface area (Å²) in [7, 11) is -3.72. The molecular formula is C16H12N4O2S2. The summed E-state index contributed by atoms with van der Waals surface area (Å²) in [6, 6.07) is 10.6. The zero-order valence-corrected chi connectivity index (χ0v) is 13.9. The predicted molar refractivity (Wildman–Crippen MR) is 94.5 cm³/mol. The summed E-state index contributed by atoms with van der Waals surface area (Å²) in [4.78, 5) is 11.4. The van der Waals surface area contributed by atoms with Gasteiger partial charge in [-0.15, -0.1) is 11.3 Å². The lowest BCUT2D eigenvalue weighted by atomic mass is 10.2. The largest absolute Gasteiger partial charge is 0.345 e. The van der Waals surface area contributed by atoms with Gasteiger partial charge in [0, 0.05) is 40.6 Å². The number of hydrogen-bond donors (Lipinski definition) is 2. The van der Waals surface area contributed by atoms with Gasteiger partial charge in [0.1, 0.15) is 15.6 Å². The Morgan fingerprint density at radius 1 is 1.08 bits per heavy atom. The van der Waals surface area contributed by atoms with Crippen LogP contribution in [0.1, 0.15) is 0 Å². The molecule has 0 bridgehead atoms. The Morgan fingerprint density at radius 3 is 2.83 bits per heavy atom. The van der Waals surface area contributed by atoms with Crippen molar-refractivity contribution in [1.29, 1.82) is 0 Å². The normalized spacial score (nSPS) is 11.7. The van der Waals surface area contributed by atoms with E-state index in [-0.39, 0.29) is 4.90 Å². The number of nitrogens with zero attached hydrogens (tertiary/aromatic N) is 2. The highest BCUT2D eigenvalue weighted by atomic mass is 32.2. The van der Waals surface area contributed by atoms with Crippen molar-refractivity contribution in [2.24, 2.45) is 0 Å². The molecule has 4 rings (SSSR count). The highest BCUT2D eigenvalue weighted by molar-refractivity contribution is 7.93. The summed E-state index contributed by atoms with van der Waals surface area (Å²) in [5.41, 5.74) is 1.89. The number of hydrogen-bond acceptors (Lipinski definition) is 5. The molecule has 0 aliphatic carbocycles. The first kappa shape index (κ1) is 14.9. The molecule has 1 aromatic carbocycles. The molecule has 0 atom stereocenters. The average molecular weight is 356 g/mol. The number of H-pyrrole nitrogens is 1. The van der Waals surface area contributed by atoms with Gasteiger partial charge in [-0.3, -0.25) is 4.72 Å². The van der Waals surface area contributed by atoms with Gasteiger partial charge in [0.05, 0.1) is 0 Å². The Labute approximate surface area is 142 Å². The van der Waals surface area contributed by atoms with Crippen molar-refractivity contribution in [1.82, 2.24) is 15.0 Å². The van der Waals surface area contributed by atoms with E-state index in [4.69, 9.17) is 0 Å². The summed E-state index contributed by atoms with van der Waals surface area (Å²) < 4.78 is 28.0. The first-order valence-electron chi connectivity index (χ1n) is 7.08. The lowest BCUT2D eigenvalue weighted by molar-refractivity contribution is 0.602. The molecule has 120 valence electrons.